The van der Waals surface area contributed by atoms with E-state index in [9.17, 15) is 0 Å². The molecule has 0 amide bonds. The third kappa shape index (κ3) is 4.76. The fourth-order valence-electron chi connectivity index (χ4n) is 3.89. The van der Waals surface area contributed by atoms with Crippen LogP contribution in [0.1, 0.15) is 51.0 Å². The Labute approximate surface area is 174 Å². The second-order valence-electron chi connectivity index (χ2n) is 7.77. The lowest BCUT2D eigenvalue weighted by Crippen LogP contribution is -2.72. The quantitative estimate of drug-likeness (QED) is 0.625. The van der Waals surface area contributed by atoms with Crippen molar-refractivity contribution < 1.29 is 9.73 Å². The van der Waals surface area contributed by atoms with E-state index in [0.717, 1.165) is 29.2 Å². The molecule has 0 unspecified atom stereocenters. The Balaban J connectivity index is 1.39. The van der Waals surface area contributed by atoms with Crippen molar-refractivity contribution in [2.24, 2.45) is 0 Å². The molecule has 1 aliphatic carbocycles. The van der Waals surface area contributed by atoms with Crippen molar-refractivity contribution in [2.75, 3.05) is 6.54 Å². The largest absolute Gasteiger partial charge is 0.456 e. The van der Waals surface area contributed by atoms with Gasteiger partial charge in [-0.25, -0.2) is 4.99 Å². The number of allylic oxidation sites excluding steroid dienone is 6. The summed E-state index contributed by atoms with van der Waals surface area (Å²) in [5.41, 5.74) is 3.43. The molecule has 1 N–H and O–H groups in total. The van der Waals surface area contributed by atoms with Gasteiger partial charge in [0.05, 0.1) is 0 Å². The van der Waals surface area contributed by atoms with Crippen LogP contribution in [-0.2, 0) is 0 Å². The topological polar surface area (TPSA) is 23.2 Å². The predicted octanol–water partition coefficient (Wildman–Crippen LogP) is 5.51. The van der Waals surface area contributed by atoms with E-state index in [1.54, 1.807) is 0 Å². The highest BCUT2D eigenvalue weighted by Gasteiger charge is 2.15. The van der Waals surface area contributed by atoms with Crippen LogP contribution in [-0.4, -0.2) is 12.3 Å². The van der Waals surface area contributed by atoms with Crippen LogP contribution in [0.4, 0.5) is 0 Å². The minimum atomic E-state index is 0.898. The number of fused-ring (bicyclic) bond motifs is 3. The highest BCUT2D eigenvalue weighted by molar-refractivity contribution is 6.02. The van der Waals surface area contributed by atoms with E-state index in [1.165, 1.54) is 55.0 Å². The summed E-state index contributed by atoms with van der Waals surface area (Å²) in [5.74, 6) is 1.82. The van der Waals surface area contributed by atoms with E-state index in [4.69, 9.17) is 4.74 Å². The molecule has 2 heteroatoms. The van der Waals surface area contributed by atoms with Gasteiger partial charge in [0, 0.05) is 29.7 Å². The number of rotatable bonds is 7. The molecule has 29 heavy (non-hydrogen) atoms. The Bertz CT molecular complexity index is 1000. The molecule has 148 valence electrons. The normalized spacial score (nSPS) is 15.0. The lowest BCUT2D eigenvalue weighted by Gasteiger charge is -2.18. The van der Waals surface area contributed by atoms with Gasteiger partial charge in [-0.05, 0) is 47.6 Å². The molecular formula is C27H30NO+. The van der Waals surface area contributed by atoms with Crippen LogP contribution in [0.15, 0.2) is 78.1 Å². The lowest BCUT2D eigenvalue weighted by molar-refractivity contribution is -0.456. The number of hydrogen-bond donors (Lipinski definition) is 1. The molecule has 0 aromatic heterocycles. The smallest absolute Gasteiger partial charge is 0.198 e. The zero-order valence-corrected chi connectivity index (χ0v) is 17.3. The fourth-order valence-corrected chi connectivity index (χ4v) is 3.89. The molecule has 0 atom stereocenters. The van der Waals surface area contributed by atoms with Crippen molar-refractivity contribution in [3.63, 3.8) is 0 Å². The molecule has 2 aliphatic rings. The van der Waals surface area contributed by atoms with Crippen molar-refractivity contribution in [3.05, 3.63) is 83.7 Å². The number of nitrogens with one attached hydrogen (secondary N) is 1. The maximum Gasteiger partial charge on any atom is 0.198 e. The van der Waals surface area contributed by atoms with Crippen LogP contribution >= 0.6 is 0 Å². The van der Waals surface area contributed by atoms with Crippen LogP contribution in [0.3, 0.4) is 0 Å². The lowest BCUT2D eigenvalue weighted by atomic mass is 10.00. The zero-order chi connectivity index (χ0) is 19.9. The first kappa shape index (κ1) is 19.4. The minimum absolute atomic E-state index is 0.898. The standard InChI is InChI=1S/C27H29NO/c1-2-3-4-5-6-9-20-28-23-15-12-22(13-16-23)26-19-17-25-24-11-8-7-10-21(24)14-18-27(25)29-26/h7-8,10-19H,2-6,9,20H2,1H3/p+1. The average Bonchev–Trinajstić information content (AvgIpc) is 2.78. The summed E-state index contributed by atoms with van der Waals surface area (Å²) in [5, 5.41) is 2.47. The Hall–Kier alpha value is -2.87. The zero-order valence-electron chi connectivity index (χ0n) is 17.3. The van der Waals surface area contributed by atoms with Gasteiger partial charge in [-0.15, -0.1) is 0 Å². The monoisotopic (exact) mass is 384 g/mol. The first-order chi connectivity index (χ1) is 14.3. The highest BCUT2D eigenvalue weighted by atomic mass is 16.5. The van der Waals surface area contributed by atoms with Crippen molar-refractivity contribution in [1.82, 2.24) is 0 Å². The Morgan fingerprint density at radius 3 is 2.41 bits per heavy atom. The van der Waals surface area contributed by atoms with E-state index in [2.05, 4.69) is 84.8 Å². The Kier molecular flexibility index (Phi) is 6.41. The minimum Gasteiger partial charge on any atom is -0.456 e. The molecule has 2 aromatic rings. The summed E-state index contributed by atoms with van der Waals surface area (Å²) in [7, 11) is 0. The SMILES string of the molecule is CCCCCCCC[NH+]=C1C=CC(=C2C=Cc3c(ccc4ccccc34)O2)C=C1. The van der Waals surface area contributed by atoms with E-state index in [0.29, 0.717) is 0 Å². The summed E-state index contributed by atoms with van der Waals surface area (Å²) >= 11 is 0. The summed E-state index contributed by atoms with van der Waals surface area (Å²) in [4.78, 5) is 3.53. The van der Waals surface area contributed by atoms with Crippen molar-refractivity contribution in [2.45, 2.75) is 45.4 Å². The molecule has 0 spiro atoms. The summed E-state index contributed by atoms with van der Waals surface area (Å²) in [6, 6.07) is 12.6. The molecular weight excluding hydrogens is 354 g/mol. The van der Waals surface area contributed by atoms with Crippen molar-refractivity contribution in [1.29, 1.82) is 0 Å². The van der Waals surface area contributed by atoms with Crippen LogP contribution in [0.5, 0.6) is 5.75 Å². The summed E-state index contributed by atoms with van der Waals surface area (Å²) in [6.07, 6.45) is 20.8. The second-order valence-corrected chi connectivity index (χ2v) is 7.77. The second kappa shape index (κ2) is 9.56. The van der Waals surface area contributed by atoms with Gasteiger partial charge in [0.25, 0.3) is 0 Å². The highest BCUT2D eigenvalue weighted by Crippen LogP contribution is 2.35. The average molecular weight is 385 g/mol. The van der Waals surface area contributed by atoms with E-state index < -0.39 is 0 Å². The molecule has 0 saturated carbocycles. The molecule has 2 aromatic carbocycles. The first-order valence-electron chi connectivity index (χ1n) is 10.9. The van der Waals surface area contributed by atoms with Crippen LogP contribution in [0.2, 0.25) is 0 Å². The summed E-state index contributed by atoms with van der Waals surface area (Å²) in [6.45, 7) is 3.30. The molecule has 0 radical (unpaired) electrons. The first-order valence-corrected chi connectivity index (χ1v) is 10.9. The van der Waals surface area contributed by atoms with Gasteiger partial charge in [0.15, 0.2) is 5.71 Å². The maximum absolute atomic E-state index is 6.22. The van der Waals surface area contributed by atoms with Gasteiger partial charge in [0.1, 0.15) is 18.1 Å². The van der Waals surface area contributed by atoms with Crippen LogP contribution < -0.4 is 9.73 Å². The van der Waals surface area contributed by atoms with Gasteiger partial charge < -0.3 is 4.74 Å². The number of ether oxygens (including phenoxy) is 1. The Morgan fingerprint density at radius 2 is 1.55 bits per heavy atom. The molecule has 0 saturated heterocycles. The van der Waals surface area contributed by atoms with E-state index in [-0.39, 0.29) is 0 Å². The van der Waals surface area contributed by atoms with Gasteiger partial charge in [-0.1, -0.05) is 62.9 Å². The molecule has 0 fully saturated rings. The van der Waals surface area contributed by atoms with Crippen LogP contribution in [0.25, 0.3) is 16.8 Å². The third-order valence-corrected chi connectivity index (χ3v) is 5.58. The molecule has 0 bridgehead atoms. The van der Waals surface area contributed by atoms with Gasteiger partial charge in [-0.2, -0.15) is 0 Å². The van der Waals surface area contributed by atoms with E-state index >= 15 is 0 Å². The third-order valence-electron chi connectivity index (χ3n) is 5.58. The molecule has 2 nitrogen and oxygen atoms in total. The van der Waals surface area contributed by atoms with Gasteiger partial charge in [0.2, 0.25) is 0 Å². The molecule has 1 heterocycles. The van der Waals surface area contributed by atoms with Gasteiger partial charge >= 0.3 is 0 Å². The fraction of sp³-hybridized carbons (Fsp3) is 0.296. The number of benzene rings is 2. The van der Waals surface area contributed by atoms with Crippen LogP contribution in [0, 0.1) is 0 Å². The van der Waals surface area contributed by atoms with E-state index in [1.807, 2.05) is 0 Å². The van der Waals surface area contributed by atoms with Crippen molar-refractivity contribution in [3.8, 4) is 5.75 Å². The molecule has 4 rings (SSSR count). The van der Waals surface area contributed by atoms with Gasteiger partial charge in [-0.3, -0.25) is 0 Å². The predicted molar refractivity (Wildman–Crippen MR) is 123 cm³/mol. The summed E-state index contributed by atoms with van der Waals surface area (Å²) < 4.78 is 6.22. The molecule has 1 aliphatic heterocycles. The maximum atomic E-state index is 6.22. The Morgan fingerprint density at radius 1 is 0.759 bits per heavy atom. The van der Waals surface area contributed by atoms with Crippen molar-refractivity contribution >= 4 is 22.6 Å². The number of hydrogen-bond acceptors (Lipinski definition) is 1. The number of unbranched alkanes of at least 4 members (excludes halogenated alkanes) is 5.